The van der Waals surface area contributed by atoms with E-state index < -0.39 is 29.1 Å². The summed E-state index contributed by atoms with van der Waals surface area (Å²) in [5, 5.41) is 0. The molecule has 3 saturated heterocycles. The van der Waals surface area contributed by atoms with Crippen LogP contribution in [0.1, 0.15) is 38.5 Å². The van der Waals surface area contributed by atoms with Crippen molar-refractivity contribution in [1.82, 2.24) is 0 Å². The molecule has 0 amide bonds. The predicted octanol–water partition coefficient (Wildman–Crippen LogP) is 2.12. The number of hydrogen-bond donors (Lipinski definition) is 0. The molecule has 3 aliphatic heterocycles. The van der Waals surface area contributed by atoms with Crippen LogP contribution in [-0.2, 0) is 23.7 Å². The van der Waals surface area contributed by atoms with Gasteiger partial charge in [0.1, 0.15) is 0 Å². The van der Waals surface area contributed by atoms with Gasteiger partial charge in [0, 0.05) is 18.9 Å². The maximum absolute atomic E-state index is 11.9. The molecule has 6 atom stereocenters. The molecule has 4 saturated carbocycles. The van der Waals surface area contributed by atoms with E-state index in [-0.39, 0.29) is 18.1 Å². The summed E-state index contributed by atoms with van der Waals surface area (Å²) in [6.45, 7) is 0.721. The Morgan fingerprint density at radius 3 is 2.61 bits per heavy atom. The molecular weight excluding hydrogens is 304 g/mol. The molecule has 7 heteroatoms. The minimum atomic E-state index is -1.23. The summed E-state index contributed by atoms with van der Waals surface area (Å²) in [4.78, 5) is 23.6. The normalized spacial score (nSPS) is 54.1. The van der Waals surface area contributed by atoms with E-state index in [1.165, 1.54) is 0 Å². The molecule has 7 fully saturated rings. The third-order valence-electron chi connectivity index (χ3n) is 7.10. The highest BCUT2D eigenvalue weighted by molar-refractivity contribution is 5.70. The van der Waals surface area contributed by atoms with Gasteiger partial charge in [-0.05, 0) is 38.0 Å². The first-order valence-electron chi connectivity index (χ1n) is 8.52. The molecule has 7 rings (SSSR count). The van der Waals surface area contributed by atoms with Gasteiger partial charge in [-0.3, -0.25) is 0 Å². The van der Waals surface area contributed by atoms with Gasteiger partial charge in [-0.15, -0.1) is 0 Å². The molecule has 7 nitrogen and oxygen atoms in total. The van der Waals surface area contributed by atoms with E-state index in [2.05, 4.69) is 0 Å². The van der Waals surface area contributed by atoms with Crippen molar-refractivity contribution in [2.75, 3.05) is 6.61 Å². The molecule has 2 spiro atoms. The van der Waals surface area contributed by atoms with Crippen LogP contribution < -0.4 is 0 Å². The second-order valence-electron chi connectivity index (χ2n) is 7.98. The van der Waals surface area contributed by atoms with Crippen LogP contribution in [0.25, 0.3) is 0 Å². The van der Waals surface area contributed by atoms with Gasteiger partial charge in [0.25, 0.3) is 0 Å². The van der Waals surface area contributed by atoms with Crippen molar-refractivity contribution in [3.8, 4) is 0 Å². The summed E-state index contributed by atoms with van der Waals surface area (Å²) in [6.07, 6.45) is 3.53. The van der Waals surface area contributed by atoms with Gasteiger partial charge in [0.2, 0.25) is 5.60 Å². The SMILES string of the molecule is O=C1OC2C3CC4CC(C5CCCO5)(C3)C3(OC(=O)O3)C2(C4)O1. The van der Waals surface area contributed by atoms with Gasteiger partial charge in [0.05, 0.1) is 11.5 Å². The monoisotopic (exact) mass is 322 g/mol. The first-order valence-corrected chi connectivity index (χ1v) is 8.52. The Balaban J connectivity index is 1.56. The predicted molar refractivity (Wildman–Crippen MR) is 71.2 cm³/mol. The van der Waals surface area contributed by atoms with Crippen molar-refractivity contribution in [3.63, 3.8) is 0 Å². The minimum Gasteiger partial charge on any atom is -0.426 e. The first-order chi connectivity index (χ1) is 11.1. The number of carbonyl (C=O) groups is 2. The fraction of sp³-hybridized carbons (Fsp3) is 0.875. The summed E-state index contributed by atoms with van der Waals surface area (Å²) in [7, 11) is 0. The standard InChI is InChI=1S/C16H18O7/c17-12-20-11-9-4-8-5-14(7-9,10-2-1-3-19-10)16(22-13(18)23-16)15(11,6-8)21-12/h8-11H,1-7H2. The topological polar surface area (TPSA) is 80.3 Å². The molecule has 4 aliphatic carbocycles. The highest BCUT2D eigenvalue weighted by atomic mass is 16.9. The lowest BCUT2D eigenvalue weighted by Gasteiger charge is -2.70. The Kier molecular flexibility index (Phi) is 2.02. The quantitative estimate of drug-likeness (QED) is 0.684. The highest BCUT2D eigenvalue weighted by Crippen LogP contribution is 2.74. The van der Waals surface area contributed by atoms with Gasteiger partial charge in [-0.1, -0.05) is 0 Å². The van der Waals surface area contributed by atoms with Gasteiger partial charge in [-0.25, -0.2) is 9.59 Å². The molecule has 3 heterocycles. The lowest BCUT2D eigenvalue weighted by molar-refractivity contribution is -0.452. The Labute approximate surface area is 132 Å². The van der Waals surface area contributed by atoms with Crippen molar-refractivity contribution in [2.24, 2.45) is 17.3 Å². The Bertz CT molecular complexity index is 618. The lowest BCUT2D eigenvalue weighted by atomic mass is 9.42. The van der Waals surface area contributed by atoms with Crippen LogP contribution in [0, 0.1) is 17.3 Å². The van der Waals surface area contributed by atoms with Crippen molar-refractivity contribution in [2.45, 2.75) is 62.1 Å². The molecule has 124 valence electrons. The van der Waals surface area contributed by atoms with Crippen molar-refractivity contribution >= 4 is 12.3 Å². The molecule has 0 aromatic heterocycles. The largest absolute Gasteiger partial charge is 0.515 e. The van der Waals surface area contributed by atoms with Crippen molar-refractivity contribution < 1.29 is 33.3 Å². The van der Waals surface area contributed by atoms with Gasteiger partial charge in [0.15, 0.2) is 6.10 Å². The van der Waals surface area contributed by atoms with Crippen LogP contribution in [0.3, 0.4) is 0 Å². The maximum atomic E-state index is 11.9. The Hall–Kier alpha value is -1.50. The van der Waals surface area contributed by atoms with E-state index in [9.17, 15) is 9.59 Å². The third kappa shape index (κ3) is 1.17. The van der Waals surface area contributed by atoms with Crippen LogP contribution in [-0.4, -0.2) is 42.5 Å². The molecular formula is C16H18O7. The van der Waals surface area contributed by atoms with Crippen LogP contribution in [0.15, 0.2) is 0 Å². The molecule has 0 aromatic carbocycles. The van der Waals surface area contributed by atoms with Crippen LogP contribution in [0.4, 0.5) is 9.59 Å². The van der Waals surface area contributed by atoms with Gasteiger partial charge in [-0.2, -0.15) is 0 Å². The van der Waals surface area contributed by atoms with Gasteiger partial charge >= 0.3 is 18.1 Å². The van der Waals surface area contributed by atoms with E-state index in [4.69, 9.17) is 23.7 Å². The lowest BCUT2D eigenvalue weighted by Crippen LogP contribution is -2.85. The second-order valence-corrected chi connectivity index (χ2v) is 7.98. The van der Waals surface area contributed by atoms with Crippen molar-refractivity contribution in [1.29, 1.82) is 0 Å². The van der Waals surface area contributed by atoms with E-state index in [0.29, 0.717) is 12.3 Å². The molecule has 0 aromatic rings. The summed E-state index contributed by atoms with van der Waals surface area (Å²) in [5.41, 5.74) is -1.41. The molecule has 6 unspecified atom stereocenters. The maximum Gasteiger partial charge on any atom is 0.515 e. The smallest absolute Gasteiger partial charge is 0.426 e. The zero-order chi connectivity index (χ0) is 15.4. The molecule has 23 heavy (non-hydrogen) atoms. The fourth-order valence-electron chi connectivity index (χ4n) is 6.73. The molecule has 7 aliphatic rings. The number of ether oxygens (including phenoxy) is 5. The first kappa shape index (κ1) is 12.9. The summed E-state index contributed by atoms with van der Waals surface area (Å²) >= 11 is 0. The van der Waals surface area contributed by atoms with E-state index in [1.54, 1.807) is 0 Å². The Morgan fingerprint density at radius 2 is 1.87 bits per heavy atom. The third-order valence-corrected chi connectivity index (χ3v) is 7.10. The van der Waals surface area contributed by atoms with Crippen LogP contribution in [0.2, 0.25) is 0 Å². The fourth-order valence-corrected chi connectivity index (χ4v) is 6.73. The summed E-state index contributed by atoms with van der Waals surface area (Å²) in [6, 6.07) is 0. The number of carbonyl (C=O) groups excluding carboxylic acids is 2. The summed E-state index contributed by atoms with van der Waals surface area (Å²) in [5.74, 6) is -0.569. The van der Waals surface area contributed by atoms with Gasteiger partial charge < -0.3 is 23.7 Å². The van der Waals surface area contributed by atoms with E-state index >= 15 is 0 Å². The minimum absolute atomic E-state index is 0.0154. The van der Waals surface area contributed by atoms with Crippen LogP contribution in [0.5, 0.6) is 0 Å². The Morgan fingerprint density at radius 1 is 1.00 bits per heavy atom. The van der Waals surface area contributed by atoms with E-state index in [0.717, 1.165) is 38.7 Å². The van der Waals surface area contributed by atoms with Crippen molar-refractivity contribution in [3.05, 3.63) is 0 Å². The molecule has 0 radical (unpaired) electrons. The zero-order valence-electron chi connectivity index (χ0n) is 12.6. The second kappa shape index (κ2) is 3.61. The molecule has 4 bridgehead atoms. The number of rotatable bonds is 1. The number of hydrogen-bond acceptors (Lipinski definition) is 7. The average Bonchev–Trinajstić information content (AvgIpc) is 3.10. The zero-order valence-corrected chi connectivity index (χ0v) is 12.6. The average molecular weight is 322 g/mol. The van der Waals surface area contributed by atoms with E-state index in [1.807, 2.05) is 0 Å². The van der Waals surface area contributed by atoms with Crippen LogP contribution >= 0.6 is 0 Å². The highest BCUT2D eigenvalue weighted by Gasteiger charge is 2.89. The molecule has 0 N–H and O–H groups in total. The summed E-state index contributed by atoms with van der Waals surface area (Å²) < 4.78 is 28.6.